The summed E-state index contributed by atoms with van der Waals surface area (Å²) in [6.45, 7) is 0. The van der Waals surface area contributed by atoms with Gasteiger partial charge in [0.25, 0.3) is 0 Å². The van der Waals surface area contributed by atoms with E-state index in [9.17, 15) is 14.7 Å². The summed E-state index contributed by atoms with van der Waals surface area (Å²) in [5, 5.41) is 10.2. The van der Waals surface area contributed by atoms with E-state index >= 15 is 0 Å². The predicted octanol–water partition coefficient (Wildman–Crippen LogP) is 2.56. The number of phenols is 1. The minimum atomic E-state index is -0.698. The SMILES string of the molecule is COC(=O)Cc1cc(-c2ccccc2)cc(O)c1C(=O)OC. The van der Waals surface area contributed by atoms with Crippen molar-refractivity contribution in [3.63, 3.8) is 0 Å². The van der Waals surface area contributed by atoms with Crippen LogP contribution in [-0.4, -0.2) is 31.3 Å². The van der Waals surface area contributed by atoms with Crippen LogP contribution in [0.3, 0.4) is 0 Å². The van der Waals surface area contributed by atoms with Crippen LogP contribution in [0.4, 0.5) is 0 Å². The average Bonchev–Trinajstić information content (AvgIpc) is 2.54. The first-order chi connectivity index (χ1) is 10.6. The molecule has 0 radical (unpaired) electrons. The summed E-state index contributed by atoms with van der Waals surface area (Å²) in [5.74, 6) is -1.43. The van der Waals surface area contributed by atoms with Crippen molar-refractivity contribution in [2.45, 2.75) is 6.42 Å². The van der Waals surface area contributed by atoms with Crippen LogP contribution in [0.25, 0.3) is 11.1 Å². The van der Waals surface area contributed by atoms with Gasteiger partial charge in [-0.3, -0.25) is 4.79 Å². The van der Waals surface area contributed by atoms with Crippen LogP contribution in [0.15, 0.2) is 42.5 Å². The van der Waals surface area contributed by atoms with Crippen molar-refractivity contribution < 1.29 is 24.2 Å². The van der Waals surface area contributed by atoms with E-state index in [0.29, 0.717) is 11.1 Å². The zero-order valence-corrected chi connectivity index (χ0v) is 12.3. The molecule has 0 atom stereocenters. The van der Waals surface area contributed by atoms with Gasteiger partial charge in [0.15, 0.2) is 0 Å². The van der Waals surface area contributed by atoms with Gasteiger partial charge < -0.3 is 14.6 Å². The standard InChI is InChI=1S/C17H16O5/c1-21-15(19)10-13-8-12(11-6-4-3-5-7-11)9-14(18)16(13)17(20)22-2/h3-9,18H,10H2,1-2H3. The molecule has 2 rings (SSSR count). The van der Waals surface area contributed by atoms with Gasteiger partial charge in [-0.1, -0.05) is 30.3 Å². The zero-order chi connectivity index (χ0) is 16.1. The second kappa shape index (κ2) is 6.76. The molecule has 0 amide bonds. The lowest BCUT2D eigenvalue weighted by Gasteiger charge is -2.12. The van der Waals surface area contributed by atoms with Crippen LogP contribution in [0.5, 0.6) is 5.75 Å². The van der Waals surface area contributed by atoms with Gasteiger partial charge in [-0.25, -0.2) is 4.79 Å². The summed E-state index contributed by atoms with van der Waals surface area (Å²) in [4.78, 5) is 23.4. The van der Waals surface area contributed by atoms with Crippen molar-refractivity contribution in [3.05, 3.63) is 53.6 Å². The van der Waals surface area contributed by atoms with Crippen molar-refractivity contribution in [2.75, 3.05) is 14.2 Å². The first kappa shape index (κ1) is 15.6. The first-order valence-corrected chi connectivity index (χ1v) is 6.63. The van der Waals surface area contributed by atoms with E-state index in [1.54, 1.807) is 6.07 Å². The highest BCUT2D eigenvalue weighted by Gasteiger charge is 2.21. The molecule has 114 valence electrons. The van der Waals surface area contributed by atoms with Crippen LogP contribution in [-0.2, 0) is 20.7 Å². The monoisotopic (exact) mass is 300 g/mol. The Kier molecular flexibility index (Phi) is 4.78. The molecule has 5 heteroatoms. The highest BCUT2D eigenvalue weighted by Crippen LogP contribution is 2.30. The smallest absolute Gasteiger partial charge is 0.341 e. The third-order valence-electron chi connectivity index (χ3n) is 3.26. The number of hydrogen-bond acceptors (Lipinski definition) is 5. The van der Waals surface area contributed by atoms with Gasteiger partial charge >= 0.3 is 11.9 Å². The Labute approximate surface area is 128 Å². The molecule has 0 fully saturated rings. The third kappa shape index (κ3) is 3.25. The number of hydrogen-bond donors (Lipinski definition) is 1. The highest BCUT2D eigenvalue weighted by atomic mass is 16.5. The summed E-state index contributed by atoms with van der Waals surface area (Å²) in [5.41, 5.74) is 1.90. The molecule has 0 aliphatic heterocycles. The van der Waals surface area contributed by atoms with Crippen molar-refractivity contribution in [3.8, 4) is 16.9 Å². The molecular formula is C17H16O5. The maximum atomic E-state index is 11.8. The molecular weight excluding hydrogens is 284 g/mol. The molecule has 0 aromatic heterocycles. The Hall–Kier alpha value is -2.82. The zero-order valence-electron chi connectivity index (χ0n) is 12.3. The summed E-state index contributed by atoms with van der Waals surface area (Å²) in [6, 6.07) is 12.5. The van der Waals surface area contributed by atoms with Crippen molar-refractivity contribution >= 4 is 11.9 Å². The van der Waals surface area contributed by atoms with Gasteiger partial charge in [0.05, 0.1) is 20.6 Å². The van der Waals surface area contributed by atoms with Gasteiger partial charge in [0.1, 0.15) is 11.3 Å². The van der Waals surface area contributed by atoms with Gasteiger partial charge in [-0.05, 0) is 28.8 Å². The summed E-state index contributed by atoms with van der Waals surface area (Å²) >= 11 is 0. The predicted molar refractivity (Wildman–Crippen MR) is 80.6 cm³/mol. The Morgan fingerprint density at radius 1 is 1.00 bits per heavy atom. The Morgan fingerprint density at radius 3 is 2.27 bits per heavy atom. The number of phenolic OH excluding ortho intramolecular Hbond substituents is 1. The summed E-state index contributed by atoms with van der Waals surface area (Å²) < 4.78 is 9.30. The number of benzene rings is 2. The molecule has 2 aromatic carbocycles. The summed E-state index contributed by atoms with van der Waals surface area (Å²) in [6.07, 6.45) is -0.130. The normalized spacial score (nSPS) is 10.1. The Bertz CT molecular complexity index is 692. The van der Waals surface area contributed by atoms with E-state index in [1.165, 1.54) is 20.3 Å². The van der Waals surface area contributed by atoms with Crippen LogP contribution >= 0.6 is 0 Å². The lowest BCUT2D eigenvalue weighted by atomic mass is 9.96. The lowest BCUT2D eigenvalue weighted by Crippen LogP contribution is -2.12. The number of aromatic hydroxyl groups is 1. The van der Waals surface area contributed by atoms with Crippen LogP contribution in [0, 0.1) is 0 Å². The van der Waals surface area contributed by atoms with Gasteiger partial charge in [0.2, 0.25) is 0 Å². The molecule has 0 bridgehead atoms. The molecule has 0 saturated carbocycles. The number of methoxy groups -OCH3 is 2. The summed E-state index contributed by atoms with van der Waals surface area (Å²) in [7, 11) is 2.48. The average molecular weight is 300 g/mol. The Morgan fingerprint density at radius 2 is 1.68 bits per heavy atom. The van der Waals surface area contributed by atoms with E-state index in [0.717, 1.165) is 5.56 Å². The van der Waals surface area contributed by atoms with E-state index in [1.807, 2.05) is 30.3 Å². The number of esters is 2. The van der Waals surface area contributed by atoms with Crippen LogP contribution < -0.4 is 0 Å². The van der Waals surface area contributed by atoms with E-state index in [-0.39, 0.29) is 17.7 Å². The molecule has 22 heavy (non-hydrogen) atoms. The van der Waals surface area contributed by atoms with Crippen molar-refractivity contribution in [2.24, 2.45) is 0 Å². The maximum absolute atomic E-state index is 11.8. The number of ether oxygens (including phenoxy) is 2. The van der Waals surface area contributed by atoms with Gasteiger partial charge in [0, 0.05) is 0 Å². The van der Waals surface area contributed by atoms with Crippen molar-refractivity contribution in [1.82, 2.24) is 0 Å². The minimum Gasteiger partial charge on any atom is -0.507 e. The van der Waals surface area contributed by atoms with Gasteiger partial charge in [-0.15, -0.1) is 0 Å². The second-order valence-corrected chi connectivity index (χ2v) is 4.64. The van der Waals surface area contributed by atoms with Crippen LogP contribution in [0.1, 0.15) is 15.9 Å². The molecule has 0 saturated heterocycles. The van der Waals surface area contributed by atoms with Crippen LogP contribution in [0.2, 0.25) is 0 Å². The topological polar surface area (TPSA) is 72.8 Å². The second-order valence-electron chi connectivity index (χ2n) is 4.64. The first-order valence-electron chi connectivity index (χ1n) is 6.63. The fourth-order valence-electron chi connectivity index (χ4n) is 2.19. The van der Waals surface area contributed by atoms with E-state index < -0.39 is 11.9 Å². The minimum absolute atomic E-state index is 0.0208. The number of carbonyl (C=O) groups is 2. The molecule has 1 N–H and O–H groups in total. The van der Waals surface area contributed by atoms with Crippen molar-refractivity contribution in [1.29, 1.82) is 0 Å². The molecule has 0 heterocycles. The largest absolute Gasteiger partial charge is 0.507 e. The molecule has 0 spiro atoms. The molecule has 0 aliphatic carbocycles. The molecule has 0 unspecified atom stereocenters. The quantitative estimate of drug-likeness (QED) is 0.879. The fourth-order valence-corrected chi connectivity index (χ4v) is 2.19. The molecule has 0 aliphatic rings. The van der Waals surface area contributed by atoms with E-state index in [2.05, 4.69) is 9.47 Å². The van der Waals surface area contributed by atoms with E-state index in [4.69, 9.17) is 0 Å². The number of rotatable bonds is 4. The molecule has 2 aromatic rings. The third-order valence-corrected chi connectivity index (χ3v) is 3.26. The highest BCUT2D eigenvalue weighted by molar-refractivity contribution is 5.96. The molecule has 5 nitrogen and oxygen atoms in total. The Balaban J connectivity index is 2.57. The van der Waals surface area contributed by atoms with Gasteiger partial charge in [-0.2, -0.15) is 0 Å². The number of carbonyl (C=O) groups excluding carboxylic acids is 2. The maximum Gasteiger partial charge on any atom is 0.341 e. The lowest BCUT2D eigenvalue weighted by molar-refractivity contribution is -0.139. The fraction of sp³-hybridized carbons (Fsp3) is 0.176.